The molecule has 1 amide bonds. The van der Waals surface area contributed by atoms with E-state index in [1.807, 2.05) is 48.7 Å². The maximum Gasteiger partial charge on any atom is 0.325 e. The number of nitrogens with zero attached hydrogens (tertiary/aromatic N) is 3. The second-order valence-electron chi connectivity index (χ2n) is 6.78. The van der Waals surface area contributed by atoms with Crippen LogP contribution in [0.4, 0.5) is 5.69 Å². The summed E-state index contributed by atoms with van der Waals surface area (Å²) in [6.07, 6.45) is 2.23. The molecular formula is C21H20BrN4O2S+. The van der Waals surface area contributed by atoms with E-state index in [2.05, 4.69) is 32.9 Å². The fourth-order valence-electron chi connectivity index (χ4n) is 3.65. The Balaban J connectivity index is 2.06. The SMILES string of the molecule is CCc1ccc(C2N(C(C)=O)c3ccc(Br)cc3-c3c(=O)[nH]c(SC)n[n+]32)cc1. The van der Waals surface area contributed by atoms with Crippen molar-refractivity contribution >= 4 is 39.3 Å². The minimum absolute atomic E-state index is 0.121. The quantitative estimate of drug-likeness (QED) is 0.467. The van der Waals surface area contributed by atoms with Gasteiger partial charge in [-0.2, -0.15) is 0 Å². The van der Waals surface area contributed by atoms with Gasteiger partial charge in [-0.1, -0.05) is 46.7 Å². The van der Waals surface area contributed by atoms with Crippen LogP contribution in [-0.4, -0.2) is 22.2 Å². The lowest BCUT2D eigenvalue weighted by molar-refractivity contribution is -0.763. The molecule has 4 rings (SSSR count). The Bertz CT molecular complexity index is 1160. The number of carbonyl (C=O) groups excluding carboxylic acids is 1. The number of nitrogens with one attached hydrogen (secondary N) is 1. The molecule has 6 nitrogen and oxygen atoms in total. The maximum atomic E-state index is 13.0. The molecule has 2 heterocycles. The number of aromatic nitrogens is 3. The van der Waals surface area contributed by atoms with E-state index in [1.165, 1.54) is 24.2 Å². The molecule has 0 fully saturated rings. The zero-order chi connectivity index (χ0) is 20.7. The minimum atomic E-state index is -0.546. The first kappa shape index (κ1) is 19.8. The van der Waals surface area contributed by atoms with Gasteiger partial charge in [0.05, 0.1) is 11.3 Å². The molecule has 1 aromatic heterocycles. The summed E-state index contributed by atoms with van der Waals surface area (Å²) >= 11 is 4.83. The third-order valence-corrected chi connectivity index (χ3v) is 6.10. The van der Waals surface area contributed by atoms with Crippen molar-refractivity contribution in [3.8, 4) is 11.3 Å². The van der Waals surface area contributed by atoms with E-state index in [-0.39, 0.29) is 11.5 Å². The van der Waals surface area contributed by atoms with Crippen LogP contribution < -0.4 is 15.1 Å². The number of fused-ring (bicyclic) bond motifs is 3. The molecule has 1 atom stereocenters. The van der Waals surface area contributed by atoms with Crippen LogP contribution in [0, 0.1) is 0 Å². The highest BCUT2D eigenvalue weighted by molar-refractivity contribution is 9.10. The van der Waals surface area contributed by atoms with Gasteiger partial charge in [0, 0.05) is 22.1 Å². The van der Waals surface area contributed by atoms with Crippen LogP contribution in [0.1, 0.15) is 31.1 Å². The molecule has 0 saturated heterocycles. The summed E-state index contributed by atoms with van der Waals surface area (Å²) in [4.78, 5) is 30.3. The number of aryl methyl sites for hydroxylation is 1. The van der Waals surface area contributed by atoms with Crippen molar-refractivity contribution in [1.82, 2.24) is 10.1 Å². The van der Waals surface area contributed by atoms with Crippen molar-refractivity contribution in [3.05, 3.63) is 68.4 Å². The van der Waals surface area contributed by atoms with Crippen LogP contribution in [0.15, 0.2) is 56.9 Å². The molecular weight excluding hydrogens is 452 g/mol. The molecule has 8 heteroatoms. The average Bonchev–Trinajstić information content (AvgIpc) is 2.72. The van der Waals surface area contributed by atoms with Crippen LogP contribution in [0.2, 0.25) is 0 Å². The molecule has 3 aromatic rings. The van der Waals surface area contributed by atoms with Gasteiger partial charge in [0.25, 0.3) is 6.17 Å². The largest absolute Gasteiger partial charge is 0.325 e. The number of aromatic amines is 1. The lowest BCUT2D eigenvalue weighted by Crippen LogP contribution is -2.60. The number of anilines is 1. The topological polar surface area (TPSA) is 69.9 Å². The Morgan fingerprint density at radius 2 is 2.00 bits per heavy atom. The Labute approximate surface area is 181 Å². The van der Waals surface area contributed by atoms with Gasteiger partial charge >= 0.3 is 11.3 Å². The molecule has 1 aliphatic heterocycles. The van der Waals surface area contributed by atoms with Crippen molar-refractivity contribution in [1.29, 1.82) is 0 Å². The molecule has 0 aliphatic carbocycles. The highest BCUT2D eigenvalue weighted by atomic mass is 79.9. The van der Waals surface area contributed by atoms with Crippen LogP contribution in [-0.2, 0) is 11.2 Å². The maximum absolute atomic E-state index is 13.0. The number of H-pyrrole nitrogens is 1. The number of amides is 1. The Morgan fingerprint density at radius 1 is 1.28 bits per heavy atom. The standard InChI is InChI=1S/C21H19BrN4O2S/c1-4-13-5-7-14(8-6-13)20-25(12(2)27)17-10-9-15(22)11-16(17)18-19(28)23-21(29-3)24-26(18)20/h5-11,20H,4H2,1-3H3/p+1. The first-order valence-electron chi connectivity index (χ1n) is 9.23. The monoisotopic (exact) mass is 471 g/mol. The lowest BCUT2D eigenvalue weighted by Gasteiger charge is -2.31. The number of rotatable bonds is 3. The molecule has 0 radical (unpaired) electrons. The van der Waals surface area contributed by atoms with Gasteiger partial charge in [0.2, 0.25) is 11.1 Å². The first-order valence-corrected chi connectivity index (χ1v) is 11.2. The third-order valence-electron chi connectivity index (χ3n) is 5.03. The van der Waals surface area contributed by atoms with E-state index < -0.39 is 6.17 Å². The van der Waals surface area contributed by atoms with Gasteiger partial charge in [0.1, 0.15) is 0 Å². The summed E-state index contributed by atoms with van der Waals surface area (Å²) in [6.45, 7) is 3.63. The Morgan fingerprint density at radius 3 is 2.62 bits per heavy atom. The Hall–Kier alpha value is -2.45. The molecule has 1 aliphatic rings. The number of carbonyl (C=O) groups is 1. The van der Waals surface area contributed by atoms with E-state index in [0.29, 0.717) is 22.1 Å². The van der Waals surface area contributed by atoms with Crippen LogP contribution in [0.5, 0.6) is 0 Å². The van der Waals surface area contributed by atoms with Crippen LogP contribution in [0.25, 0.3) is 11.3 Å². The van der Waals surface area contributed by atoms with Gasteiger partial charge in [-0.05, 0) is 53.3 Å². The average molecular weight is 472 g/mol. The highest BCUT2D eigenvalue weighted by Gasteiger charge is 2.44. The summed E-state index contributed by atoms with van der Waals surface area (Å²) < 4.78 is 2.49. The first-order chi connectivity index (χ1) is 13.9. The molecule has 0 bridgehead atoms. The van der Waals surface area contributed by atoms with Crippen molar-refractivity contribution in [2.45, 2.75) is 31.6 Å². The van der Waals surface area contributed by atoms with Gasteiger partial charge in [-0.15, -0.1) is 0 Å². The van der Waals surface area contributed by atoms with Crippen molar-refractivity contribution < 1.29 is 9.48 Å². The van der Waals surface area contributed by atoms with E-state index in [0.717, 1.165) is 16.5 Å². The summed E-state index contributed by atoms with van der Waals surface area (Å²) in [5.74, 6) is -0.121. The summed E-state index contributed by atoms with van der Waals surface area (Å²) in [6, 6.07) is 13.7. The van der Waals surface area contributed by atoms with Gasteiger partial charge in [-0.25, -0.2) is 4.90 Å². The van der Waals surface area contributed by atoms with Gasteiger partial charge < -0.3 is 0 Å². The van der Waals surface area contributed by atoms with Crippen LogP contribution >= 0.6 is 27.7 Å². The predicted molar refractivity (Wildman–Crippen MR) is 117 cm³/mol. The van der Waals surface area contributed by atoms with Crippen LogP contribution in [0.3, 0.4) is 0 Å². The highest BCUT2D eigenvalue weighted by Crippen LogP contribution is 2.38. The van der Waals surface area contributed by atoms with E-state index in [1.54, 1.807) is 9.58 Å². The number of thioether (sulfide) groups is 1. The summed E-state index contributed by atoms with van der Waals surface area (Å²) in [5.41, 5.74) is 3.65. The number of benzene rings is 2. The normalized spacial score (nSPS) is 15.0. The third kappa shape index (κ3) is 3.40. The van der Waals surface area contributed by atoms with Crippen molar-refractivity contribution in [3.63, 3.8) is 0 Å². The number of hydrogen-bond donors (Lipinski definition) is 1. The number of halogens is 1. The molecule has 1 unspecified atom stereocenters. The fraction of sp³-hybridized carbons (Fsp3) is 0.238. The predicted octanol–water partition coefficient (Wildman–Crippen LogP) is 3.68. The second-order valence-corrected chi connectivity index (χ2v) is 8.49. The molecule has 148 valence electrons. The van der Waals surface area contributed by atoms with Gasteiger partial charge in [-0.3, -0.25) is 14.6 Å². The summed E-state index contributed by atoms with van der Waals surface area (Å²) in [5, 5.41) is 5.17. The van der Waals surface area contributed by atoms with E-state index in [4.69, 9.17) is 0 Å². The molecule has 2 aromatic carbocycles. The number of hydrogen-bond acceptors (Lipinski definition) is 4. The molecule has 29 heavy (non-hydrogen) atoms. The molecule has 1 N–H and O–H groups in total. The Kier molecular flexibility index (Phi) is 5.31. The fourth-order valence-corrected chi connectivity index (χ4v) is 4.38. The van der Waals surface area contributed by atoms with E-state index >= 15 is 0 Å². The lowest BCUT2D eigenvalue weighted by atomic mass is 10.0. The van der Waals surface area contributed by atoms with Gasteiger partial charge in [0.15, 0.2) is 0 Å². The second kappa shape index (κ2) is 7.76. The van der Waals surface area contributed by atoms with Crippen molar-refractivity contribution in [2.75, 3.05) is 11.2 Å². The zero-order valence-corrected chi connectivity index (χ0v) is 18.7. The smallest absolute Gasteiger partial charge is 0.291 e. The van der Waals surface area contributed by atoms with Crippen molar-refractivity contribution in [2.24, 2.45) is 0 Å². The molecule has 0 saturated carbocycles. The minimum Gasteiger partial charge on any atom is -0.291 e. The zero-order valence-electron chi connectivity index (χ0n) is 16.3. The summed E-state index contributed by atoms with van der Waals surface area (Å²) in [7, 11) is 0. The molecule has 0 spiro atoms. The van der Waals surface area contributed by atoms with E-state index in [9.17, 15) is 9.59 Å².